The SMILES string of the molecule is CCNC(=NCC(C)SC)Nc1cc(OC)c(OC)c(OC)c1. The Balaban J connectivity index is 3.03. The molecule has 0 fully saturated rings. The lowest BCUT2D eigenvalue weighted by atomic mass is 10.2. The van der Waals surface area contributed by atoms with Gasteiger partial charge in [-0.15, -0.1) is 0 Å². The van der Waals surface area contributed by atoms with Crippen molar-refractivity contribution in [3.8, 4) is 17.2 Å². The number of thioether (sulfide) groups is 1. The van der Waals surface area contributed by atoms with Crippen LogP contribution in [0.1, 0.15) is 13.8 Å². The molecule has 0 saturated carbocycles. The van der Waals surface area contributed by atoms with E-state index in [4.69, 9.17) is 14.2 Å². The third-order valence-corrected chi connectivity index (χ3v) is 4.13. The molecule has 1 rings (SSSR count). The second-order valence-corrected chi connectivity index (χ2v) is 6.08. The van der Waals surface area contributed by atoms with Crippen LogP contribution in [0.3, 0.4) is 0 Å². The lowest BCUT2D eigenvalue weighted by molar-refractivity contribution is 0.324. The standard InChI is InChI=1S/C16H27N3O3S/c1-7-17-16(18-10-11(2)23-6)19-12-8-13(20-3)15(22-5)14(9-12)21-4/h8-9,11H,7,10H2,1-6H3,(H2,17,18,19). The Morgan fingerprint density at radius 1 is 1.17 bits per heavy atom. The van der Waals surface area contributed by atoms with Crippen molar-refractivity contribution in [2.45, 2.75) is 19.1 Å². The highest BCUT2D eigenvalue weighted by Gasteiger charge is 2.14. The van der Waals surface area contributed by atoms with E-state index in [1.807, 2.05) is 19.1 Å². The fourth-order valence-electron chi connectivity index (χ4n) is 1.89. The maximum atomic E-state index is 5.37. The zero-order valence-corrected chi connectivity index (χ0v) is 15.5. The third kappa shape index (κ3) is 5.74. The van der Waals surface area contributed by atoms with Crippen molar-refractivity contribution in [1.82, 2.24) is 5.32 Å². The molecule has 130 valence electrons. The van der Waals surface area contributed by atoms with Crippen LogP contribution in [0.25, 0.3) is 0 Å². The van der Waals surface area contributed by atoms with Gasteiger partial charge in [0.05, 0.1) is 27.9 Å². The molecule has 0 aliphatic heterocycles. The van der Waals surface area contributed by atoms with Crippen molar-refractivity contribution in [3.05, 3.63) is 12.1 Å². The number of nitrogens with zero attached hydrogens (tertiary/aromatic N) is 1. The molecule has 0 saturated heterocycles. The summed E-state index contributed by atoms with van der Waals surface area (Å²) < 4.78 is 16.1. The fourth-order valence-corrected chi connectivity index (χ4v) is 2.12. The number of hydrogen-bond donors (Lipinski definition) is 2. The summed E-state index contributed by atoms with van der Waals surface area (Å²) in [4.78, 5) is 4.59. The van der Waals surface area contributed by atoms with Gasteiger partial charge in [0.1, 0.15) is 0 Å². The summed E-state index contributed by atoms with van der Waals surface area (Å²) in [7, 11) is 4.78. The largest absolute Gasteiger partial charge is 0.493 e. The van der Waals surface area contributed by atoms with Gasteiger partial charge in [-0.2, -0.15) is 11.8 Å². The van der Waals surface area contributed by atoms with Gasteiger partial charge < -0.3 is 24.8 Å². The summed E-state index contributed by atoms with van der Waals surface area (Å²) >= 11 is 1.79. The number of aliphatic imine (C=N–C) groups is 1. The number of hydrogen-bond acceptors (Lipinski definition) is 5. The molecule has 0 aliphatic carbocycles. The maximum absolute atomic E-state index is 5.37. The summed E-state index contributed by atoms with van der Waals surface area (Å²) in [6.45, 7) is 5.70. The van der Waals surface area contributed by atoms with Gasteiger partial charge in [-0.1, -0.05) is 6.92 Å². The molecular weight excluding hydrogens is 314 g/mol. The Morgan fingerprint density at radius 3 is 2.22 bits per heavy atom. The van der Waals surface area contributed by atoms with E-state index >= 15 is 0 Å². The molecule has 23 heavy (non-hydrogen) atoms. The Kier molecular flexibility index (Phi) is 8.47. The quantitative estimate of drug-likeness (QED) is 0.560. The van der Waals surface area contributed by atoms with Crippen LogP contribution in [0.2, 0.25) is 0 Å². The van der Waals surface area contributed by atoms with Crippen molar-refractivity contribution in [2.24, 2.45) is 4.99 Å². The molecule has 0 amide bonds. The Labute approximate surface area is 143 Å². The molecule has 0 spiro atoms. The van der Waals surface area contributed by atoms with Crippen LogP contribution in [0.15, 0.2) is 17.1 Å². The molecule has 0 aromatic heterocycles. The molecule has 1 aromatic carbocycles. The average Bonchev–Trinajstić information content (AvgIpc) is 2.58. The molecular formula is C16H27N3O3S. The smallest absolute Gasteiger partial charge is 0.203 e. The van der Waals surface area contributed by atoms with Crippen LogP contribution in [0.4, 0.5) is 5.69 Å². The van der Waals surface area contributed by atoms with Gasteiger partial charge in [-0.05, 0) is 13.2 Å². The van der Waals surface area contributed by atoms with E-state index in [9.17, 15) is 0 Å². The zero-order chi connectivity index (χ0) is 17.2. The Hall–Kier alpha value is -1.76. The minimum atomic E-state index is 0.463. The molecule has 1 unspecified atom stereocenters. The van der Waals surface area contributed by atoms with Gasteiger partial charge in [-0.25, -0.2) is 0 Å². The van der Waals surface area contributed by atoms with Crippen LogP contribution >= 0.6 is 11.8 Å². The molecule has 0 aliphatic rings. The topological polar surface area (TPSA) is 64.1 Å². The monoisotopic (exact) mass is 341 g/mol. The van der Waals surface area contributed by atoms with Gasteiger partial charge in [0.2, 0.25) is 5.75 Å². The second-order valence-electron chi connectivity index (χ2n) is 4.80. The molecule has 2 N–H and O–H groups in total. The molecule has 0 bridgehead atoms. The van der Waals surface area contributed by atoms with E-state index in [2.05, 4.69) is 28.8 Å². The Bertz CT molecular complexity index is 498. The van der Waals surface area contributed by atoms with E-state index in [0.29, 0.717) is 22.5 Å². The van der Waals surface area contributed by atoms with E-state index in [1.54, 1.807) is 33.1 Å². The lowest BCUT2D eigenvalue weighted by Crippen LogP contribution is -2.31. The van der Waals surface area contributed by atoms with Crippen molar-refractivity contribution >= 4 is 23.4 Å². The molecule has 7 heteroatoms. The molecule has 0 radical (unpaired) electrons. The summed E-state index contributed by atoms with van der Waals surface area (Å²) in [6.07, 6.45) is 2.08. The number of anilines is 1. The second kappa shape index (κ2) is 10.1. The predicted octanol–water partition coefficient (Wildman–Crippen LogP) is 2.84. The minimum absolute atomic E-state index is 0.463. The van der Waals surface area contributed by atoms with Gasteiger partial charge in [0.15, 0.2) is 17.5 Å². The molecule has 1 aromatic rings. The first-order chi connectivity index (χ1) is 11.1. The van der Waals surface area contributed by atoms with Crippen LogP contribution in [0, 0.1) is 0 Å². The highest BCUT2D eigenvalue weighted by atomic mass is 32.2. The first-order valence-corrected chi connectivity index (χ1v) is 8.76. The molecule has 6 nitrogen and oxygen atoms in total. The van der Waals surface area contributed by atoms with Gasteiger partial charge >= 0.3 is 0 Å². The number of guanidine groups is 1. The predicted molar refractivity (Wildman–Crippen MR) is 98.7 cm³/mol. The van der Waals surface area contributed by atoms with E-state index in [0.717, 1.165) is 24.7 Å². The minimum Gasteiger partial charge on any atom is -0.493 e. The van der Waals surface area contributed by atoms with Crippen LogP contribution < -0.4 is 24.8 Å². The number of ether oxygens (including phenoxy) is 3. The summed E-state index contributed by atoms with van der Waals surface area (Å²) in [6, 6.07) is 3.71. The number of rotatable bonds is 8. The van der Waals surface area contributed by atoms with Gasteiger partial charge in [0.25, 0.3) is 0 Å². The Morgan fingerprint density at radius 2 is 1.78 bits per heavy atom. The average molecular weight is 341 g/mol. The number of nitrogens with one attached hydrogen (secondary N) is 2. The van der Waals surface area contributed by atoms with Crippen LogP contribution in [0.5, 0.6) is 17.2 Å². The third-order valence-electron chi connectivity index (χ3n) is 3.18. The van der Waals surface area contributed by atoms with E-state index in [-0.39, 0.29) is 0 Å². The number of methoxy groups -OCH3 is 3. The lowest BCUT2D eigenvalue weighted by Gasteiger charge is -2.16. The van der Waals surface area contributed by atoms with Crippen molar-refractivity contribution in [2.75, 3.05) is 46.0 Å². The summed E-state index contributed by atoms with van der Waals surface area (Å²) in [5.41, 5.74) is 0.816. The van der Waals surface area contributed by atoms with Crippen molar-refractivity contribution in [1.29, 1.82) is 0 Å². The van der Waals surface area contributed by atoms with E-state index in [1.165, 1.54) is 0 Å². The molecule has 1 atom stereocenters. The van der Waals surface area contributed by atoms with Crippen LogP contribution in [-0.4, -0.2) is 51.9 Å². The normalized spacial score (nSPS) is 12.5. The molecule has 0 heterocycles. The van der Waals surface area contributed by atoms with Crippen molar-refractivity contribution < 1.29 is 14.2 Å². The number of benzene rings is 1. The summed E-state index contributed by atoms with van der Waals surface area (Å²) in [5.74, 6) is 2.49. The van der Waals surface area contributed by atoms with Gasteiger partial charge in [0, 0.05) is 29.6 Å². The highest BCUT2D eigenvalue weighted by Crippen LogP contribution is 2.39. The zero-order valence-electron chi connectivity index (χ0n) is 14.7. The van der Waals surface area contributed by atoms with Gasteiger partial charge in [-0.3, -0.25) is 4.99 Å². The first-order valence-electron chi connectivity index (χ1n) is 7.47. The highest BCUT2D eigenvalue weighted by molar-refractivity contribution is 7.99. The fraction of sp³-hybridized carbons (Fsp3) is 0.562. The summed E-state index contributed by atoms with van der Waals surface area (Å²) in [5, 5.41) is 6.97. The maximum Gasteiger partial charge on any atom is 0.203 e. The van der Waals surface area contributed by atoms with Crippen LogP contribution in [-0.2, 0) is 0 Å². The first kappa shape index (κ1) is 19.3. The van der Waals surface area contributed by atoms with Crippen molar-refractivity contribution in [3.63, 3.8) is 0 Å². The van der Waals surface area contributed by atoms with E-state index < -0.39 is 0 Å².